The molecular formula is C25H29NO3S. The predicted molar refractivity (Wildman–Crippen MR) is 123 cm³/mol. The number of carbonyl (C=O) groups excluding carboxylic acids is 2. The average molecular weight is 424 g/mol. The number of amides is 2. The van der Waals surface area contributed by atoms with Crippen molar-refractivity contribution in [2.75, 3.05) is 13.2 Å². The van der Waals surface area contributed by atoms with Crippen LogP contribution in [0.2, 0.25) is 0 Å². The van der Waals surface area contributed by atoms with Crippen LogP contribution in [0.1, 0.15) is 42.5 Å². The van der Waals surface area contributed by atoms with Gasteiger partial charge in [0.1, 0.15) is 0 Å². The predicted octanol–water partition coefficient (Wildman–Crippen LogP) is 5.13. The maximum atomic E-state index is 13.3. The molecule has 4 nitrogen and oxygen atoms in total. The van der Waals surface area contributed by atoms with Crippen LogP contribution in [0.25, 0.3) is 5.57 Å². The summed E-state index contributed by atoms with van der Waals surface area (Å²) in [5, 5.41) is 0. The first kappa shape index (κ1) is 22.3. The van der Waals surface area contributed by atoms with Crippen molar-refractivity contribution < 1.29 is 14.3 Å². The molecule has 0 radical (unpaired) electrons. The van der Waals surface area contributed by atoms with Crippen LogP contribution in [-0.2, 0) is 20.1 Å². The Morgan fingerprint density at radius 3 is 2.37 bits per heavy atom. The van der Waals surface area contributed by atoms with E-state index >= 15 is 0 Å². The highest BCUT2D eigenvalue weighted by atomic mass is 32.2. The third-order valence-corrected chi connectivity index (χ3v) is 6.27. The zero-order valence-electron chi connectivity index (χ0n) is 18.1. The van der Waals surface area contributed by atoms with E-state index in [4.69, 9.17) is 4.74 Å². The summed E-state index contributed by atoms with van der Waals surface area (Å²) in [6, 6.07) is 16.0. The molecular weight excluding hydrogens is 394 g/mol. The summed E-state index contributed by atoms with van der Waals surface area (Å²) in [7, 11) is 0. The molecule has 0 aliphatic carbocycles. The van der Waals surface area contributed by atoms with E-state index in [0.29, 0.717) is 35.8 Å². The molecule has 2 aromatic carbocycles. The summed E-state index contributed by atoms with van der Waals surface area (Å²) in [6.45, 7) is 8.92. The molecule has 30 heavy (non-hydrogen) atoms. The number of thioether (sulfide) groups is 1. The molecule has 3 rings (SSSR count). The third-order valence-electron chi connectivity index (χ3n) is 5.12. The van der Waals surface area contributed by atoms with Gasteiger partial charge in [0.15, 0.2) is 0 Å². The number of aryl methyl sites for hydroxylation is 2. The normalized spacial score (nSPS) is 14.4. The van der Waals surface area contributed by atoms with Crippen molar-refractivity contribution in [2.24, 2.45) is 0 Å². The largest absolute Gasteiger partial charge is 0.379 e. The van der Waals surface area contributed by atoms with Gasteiger partial charge in [-0.25, -0.2) is 0 Å². The molecule has 0 unspecified atom stereocenters. The summed E-state index contributed by atoms with van der Waals surface area (Å²) < 4.78 is 5.58. The number of carbonyl (C=O) groups is 2. The minimum absolute atomic E-state index is 0.135. The lowest BCUT2D eigenvalue weighted by molar-refractivity contribution is -0.136. The molecule has 0 fully saturated rings. The van der Waals surface area contributed by atoms with Gasteiger partial charge in [-0.05, 0) is 56.4 Å². The lowest BCUT2D eigenvalue weighted by atomic mass is 10.0. The van der Waals surface area contributed by atoms with Crippen molar-refractivity contribution in [3.05, 3.63) is 75.7 Å². The quantitative estimate of drug-likeness (QED) is 0.414. The minimum Gasteiger partial charge on any atom is -0.379 e. The molecule has 0 spiro atoms. The monoisotopic (exact) mass is 423 g/mol. The fourth-order valence-electron chi connectivity index (χ4n) is 3.31. The number of nitrogens with zero attached hydrogens (tertiary/aromatic N) is 1. The Morgan fingerprint density at radius 2 is 1.70 bits per heavy atom. The summed E-state index contributed by atoms with van der Waals surface area (Å²) in [6.07, 6.45) is 0.767. The number of hydrogen-bond donors (Lipinski definition) is 0. The van der Waals surface area contributed by atoms with Crippen LogP contribution in [0.3, 0.4) is 0 Å². The van der Waals surface area contributed by atoms with Crippen LogP contribution < -0.4 is 0 Å². The summed E-state index contributed by atoms with van der Waals surface area (Å²) in [5.41, 5.74) is 4.73. The number of imide groups is 1. The molecule has 0 saturated heterocycles. The topological polar surface area (TPSA) is 46.6 Å². The molecule has 5 heteroatoms. The molecule has 1 heterocycles. The highest BCUT2D eigenvalue weighted by Crippen LogP contribution is 2.38. The van der Waals surface area contributed by atoms with Gasteiger partial charge in [0.25, 0.3) is 11.8 Å². The molecule has 2 amide bonds. The first-order valence-corrected chi connectivity index (χ1v) is 11.3. The second-order valence-electron chi connectivity index (χ2n) is 7.81. The summed E-state index contributed by atoms with van der Waals surface area (Å²) in [4.78, 5) is 28.4. The molecule has 0 aromatic heterocycles. The average Bonchev–Trinajstić information content (AvgIpc) is 2.96. The van der Waals surface area contributed by atoms with E-state index in [1.807, 2.05) is 76.2 Å². The second-order valence-corrected chi connectivity index (χ2v) is 8.80. The summed E-state index contributed by atoms with van der Waals surface area (Å²) in [5.74, 6) is 0.246. The van der Waals surface area contributed by atoms with Gasteiger partial charge in [-0.15, -0.1) is 11.8 Å². The number of ether oxygens (including phenoxy) is 1. The number of rotatable bonds is 9. The first-order chi connectivity index (χ1) is 14.4. The summed E-state index contributed by atoms with van der Waals surface area (Å²) >= 11 is 1.45. The van der Waals surface area contributed by atoms with Crippen LogP contribution in [-0.4, -0.2) is 36.0 Å². The molecule has 0 bridgehead atoms. The lowest BCUT2D eigenvalue weighted by Crippen LogP contribution is -2.33. The van der Waals surface area contributed by atoms with Gasteiger partial charge >= 0.3 is 0 Å². The zero-order chi connectivity index (χ0) is 21.7. The van der Waals surface area contributed by atoms with Crippen LogP contribution in [0, 0.1) is 13.8 Å². The molecule has 1 aliphatic heterocycles. The lowest BCUT2D eigenvalue weighted by Gasteiger charge is -2.16. The molecule has 158 valence electrons. The van der Waals surface area contributed by atoms with E-state index in [0.717, 1.165) is 22.3 Å². The van der Waals surface area contributed by atoms with Crippen LogP contribution in [0.15, 0.2) is 53.4 Å². The van der Waals surface area contributed by atoms with Gasteiger partial charge in [-0.1, -0.05) is 48.5 Å². The second kappa shape index (κ2) is 10.1. The van der Waals surface area contributed by atoms with Gasteiger partial charge in [-0.2, -0.15) is 0 Å². The van der Waals surface area contributed by atoms with Crippen molar-refractivity contribution in [3.8, 4) is 0 Å². The maximum absolute atomic E-state index is 13.3. The third kappa shape index (κ3) is 5.21. The van der Waals surface area contributed by atoms with Crippen LogP contribution in [0.5, 0.6) is 0 Å². The van der Waals surface area contributed by atoms with Crippen LogP contribution in [0.4, 0.5) is 0 Å². The highest BCUT2D eigenvalue weighted by molar-refractivity contribution is 8.03. The van der Waals surface area contributed by atoms with Crippen molar-refractivity contribution in [1.82, 2.24) is 4.90 Å². The Bertz CT molecular complexity index is 950. The molecule has 1 aliphatic rings. The fourth-order valence-corrected chi connectivity index (χ4v) is 4.40. The maximum Gasteiger partial charge on any atom is 0.267 e. The van der Waals surface area contributed by atoms with Gasteiger partial charge in [0.05, 0.1) is 16.6 Å². The van der Waals surface area contributed by atoms with Gasteiger partial charge in [0.2, 0.25) is 0 Å². The minimum atomic E-state index is -0.205. The fraction of sp³-hybridized carbons (Fsp3) is 0.360. The Kier molecular flexibility index (Phi) is 7.51. The Morgan fingerprint density at radius 1 is 0.967 bits per heavy atom. The Labute approximate surface area is 183 Å². The number of benzene rings is 2. The standard InChI is InChI=1S/C25H29NO3S/c1-17(2)29-14-8-13-26-24(27)22(21-12-11-18(3)19(4)15-21)23(25(26)28)30-16-20-9-6-5-7-10-20/h5-7,9-12,15,17H,8,13-14,16H2,1-4H3. The van der Waals surface area contributed by atoms with E-state index < -0.39 is 0 Å². The Balaban J connectivity index is 1.86. The van der Waals surface area contributed by atoms with Crippen molar-refractivity contribution in [2.45, 2.75) is 46.0 Å². The van der Waals surface area contributed by atoms with E-state index in [1.54, 1.807) is 0 Å². The molecule has 0 N–H and O–H groups in total. The van der Waals surface area contributed by atoms with Crippen molar-refractivity contribution in [3.63, 3.8) is 0 Å². The SMILES string of the molecule is Cc1ccc(C2=C(SCc3ccccc3)C(=O)N(CCCOC(C)C)C2=O)cc1C. The van der Waals surface area contributed by atoms with E-state index in [2.05, 4.69) is 0 Å². The highest BCUT2D eigenvalue weighted by Gasteiger charge is 2.38. The zero-order valence-corrected chi connectivity index (χ0v) is 18.9. The molecule has 0 saturated carbocycles. The molecule has 0 atom stereocenters. The molecule has 2 aromatic rings. The first-order valence-electron chi connectivity index (χ1n) is 10.3. The van der Waals surface area contributed by atoms with E-state index in [1.165, 1.54) is 16.7 Å². The number of hydrogen-bond acceptors (Lipinski definition) is 4. The van der Waals surface area contributed by atoms with E-state index in [9.17, 15) is 9.59 Å². The van der Waals surface area contributed by atoms with Gasteiger partial charge in [0, 0.05) is 18.9 Å². The van der Waals surface area contributed by atoms with Crippen LogP contribution >= 0.6 is 11.8 Å². The smallest absolute Gasteiger partial charge is 0.267 e. The van der Waals surface area contributed by atoms with Gasteiger partial charge in [-0.3, -0.25) is 14.5 Å². The van der Waals surface area contributed by atoms with E-state index in [-0.39, 0.29) is 17.9 Å². The van der Waals surface area contributed by atoms with Crippen molar-refractivity contribution in [1.29, 1.82) is 0 Å². The Hall–Kier alpha value is -2.37. The van der Waals surface area contributed by atoms with Crippen molar-refractivity contribution >= 4 is 29.1 Å². The van der Waals surface area contributed by atoms with Gasteiger partial charge < -0.3 is 4.74 Å².